The number of hydrogen-bond acceptors (Lipinski definition) is 7. The van der Waals surface area contributed by atoms with Gasteiger partial charge in [-0.15, -0.1) is 0 Å². The highest BCUT2D eigenvalue weighted by Crippen LogP contribution is 2.29. The molecular weight excluding hydrogens is 645 g/mol. The number of benzene rings is 3. The summed E-state index contributed by atoms with van der Waals surface area (Å²) in [6.07, 6.45) is 1.71. The largest absolute Gasteiger partial charge is 0.447 e. The van der Waals surface area contributed by atoms with Crippen molar-refractivity contribution in [3.63, 3.8) is 0 Å². The first-order valence-electron chi connectivity index (χ1n) is 15.6. The van der Waals surface area contributed by atoms with Gasteiger partial charge in [0.15, 0.2) is 5.78 Å². The SMILES string of the molecule is NC(C(=O)Cc1cncc(F)c1CC[C@@H]1CNC[C@@H](COC(=O)NCc2ccccc2Cl)O1)C(c1ccc(F)cc1)c1ccc(F)cc1. The van der Waals surface area contributed by atoms with E-state index in [0.29, 0.717) is 46.8 Å². The van der Waals surface area contributed by atoms with Crippen molar-refractivity contribution in [3.8, 4) is 0 Å². The molecule has 1 aromatic heterocycles. The van der Waals surface area contributed by atoms with Crippen LogP contribution in [0.3, 0.4) is 0 Å². The van der Waals surface area contributed by atoms with Gasteiger partial charge in [-0.1, -0.05) is 54.1 Å². The first kappa shape index (κ1) is 35.0. The highest BCUT2D eigenvalue weighted by atomic mass is 35.5. The molecule has 4 N–H and O–H groups in total. The smallest absolute Gasteiger partial charge is 0.407 e. The van der Waals surface area contributed by atoms with Crippen molar-refractivity contribution in [2.24, 2.45) is 5.73 Å². The number of ketones is 1. The third-order valence-corrected chi connectivity index (χ3v) is 8.64. The molecule has 252 valence electrons. The predicted molar refractivity (Wildman–Crippen MR) is 175 cm³/mol. The monoisotopic (exact) mass is 680 g/mol. The van der Waals surface area contributed by atoms with Crippen LogP contribution in [0.25, 0.3) is 0 Å². The topological polar surface area (TPSA) is 116 Å². The number of nitrogens with two attached hydrogens (primary N) is 1. The number of pyridine rings is 1. The number of Topliss-reactive ketones (excluding diaryl/α,β-unsaturated/α-hetero) is 1. The van der Waals surface area contributed by atoms with Gasteiger partial charge in [0, 0.05) is 43.2 Å². The Labute approximate surface area is 281 Å². The highest BCUT2D eigenvalue weighted by Gasteiger charge is 2.29. The predicted octanol–water partition coefficient (Wildman–Crippen LogP) is 5.64. The van der Waals surface area contributed by atoms with Crippen LogP contribution in [0.2, 0.25) is 5.02 Å². The molecule has 0 aliphatic carbocycles. The van der Waals surface area contributed by atoms with E-state index in [4.69, 9.17) is 26.8 Å². The number of carbonyl (C=O) groups excluding carboxylic acids is 2. The summed E-state index contributed by atoms with van der Waals surface area (Å²) in [7, 11) is 0. The summed E-state index contributed by atoms with van der Waals surface area (Å²) in [5, 5.41) is 6.47. The van der Waals surface area contributed by atoms with E-state index in [0.717, 1.165) is 11.8 Å². The molecule has 1 aliphatic rings. The fourth-order valence-electron chi connectivity index (χ4n) is 5.75. The first-order valence-corrected chi connectivity index (χ1v) is 16.0. The molecule has 1 saturated heterocycles. The van der Waals surface area contributed by atoms with E-state index >= 15 is 4.39 Å². The van der Waals surface area contributed by atoms with E-state index in [1.165, 1.54) is 54.7 Å². The van der Waals surface area contributed by atoms with Gasteiger partial charge in [-0.25, -0.2) is 18.0 Å². The summed E-state index contributed by atoms with van der Waals surface area (Å²) in [5.74, 6) is -2.52. The Morgan fingerprint density at radius 2 is 1.58 bits per heavy atom. The second-order valence-electron chi connectivity index (χ2n) is 11.6. The van der Waals surface area contributed by atoms with Crippen LogP contribution < -0.4 is 16.4 Å². The number of morpholine rings is 1. The number of alkyl carbamates (subject to hydrolysis) is 1. The minimum atomic E-state index is -1.09. The average Bonchev–Trinajstić information content (AvgIpc) is 3.08. The standard InChI is InChI=1S/C36H36ClF3N4O4/c37-31-4-2-1-3-24(31)17-44-36(46)47-21-29-19-43-18-28(48-29)13-14-30-25(16-42-20-32(30)40)15-33(45)35(41)34(22-5-9-26(38)10-6-22)23-7-11-27(39)12-8-23/h1-12,16,20,28-29,34-35,43H,13-15,17-19,21,41H2,(H,44,46)/t28-,29+,35?/m1/s1. The molecule has 0 saturated carbocycles. The zero-order valence-corrected chi connectivity index (χ0v) is 26.8. The minimum absolute atomic E-state index is 0.0163. The van der Waals surface area contributed by atoms with Gasteiger partial charge in [0.1, 0.15) is 30.2 Å². The van der Waals surface area contributed by atoms with E-state index in [9.17, 15) is 18.4 Å². The van der Waals surface area contributed by atoms with Gasteiger partial charge in [0.25, 0.3) is 0 Å². The maximum absolute atomic E-state index is 15.1. The number of halogens is 4. The Hall–Kier alpha value is -4.29. The van der Waals surface area contributed by atoms with E-state index in [1.54, 1.807) is 18.2 Å². The molecule has 1 amide bonds. The molecule has 5 rings (SSSR count). The van der Waals surface area contributed by atoms with Crippen molar-refractivity contribution in [1.82, 2.24) is 15.6 Å². The van der Waals surface area contributed by atoms with Gasteiger partial charge < -0.3 is 25.8 Å². The van der Waals surface area contributed by atoms with Gasteiger partial charge in [-0.3, -0.25) is 9.78 Å². The number of hydrogen-bond donors (Lipinski definition) is 3. The van der Waals surface area contributed by atoms with Crippen LogP contribution in [0.4, 0.5) is 18.0 Å². The third-order valence-electron chi connectivity index (χ3n) is 8.27. The molecule has 1 aliphatic heterocycles. The molecule has 0 spiro atoms. The lowest BCUT2D eigenvalue weighted by Crippen LogP contribution is -2.47. The van der Waals surface area contributed by atoms with Gasteiger partial charge in [0.2, 0.25) is 0 Å². The van der Waals surface area contributed by atoms with E-state index in [-0.39, 0.29) is 37.9 Å². The average molecular weight is 681 g/mol. The summed E-state index contributed by atoms with van der Waals surface area (Å²) in [5.41, 5.74) is 9.17. The normalized spacial score (nSPS) is 16.8. The van der Waals surface area contributed by atoms with Crippen molar-refractivity contribution in [3.05, 3.63) is 135 Å². The molecule has 3 atom stereocenters. The van der Waals surface area contributed by atoms with Gasteiger partial charge >= 0.3 is 6.09 Å². The Morgan fingerprint density at radius 1 is 0.938 bits per heavy atom. The fraction of sp³-hybridized carbons (Fsp3) is 0.306. The Bertz CT molecular complexity index is 1650. The third kappa shape index (κ3) is 9.41. The van der Waals surface area contributed by atoms with E-state index in [2.05, 4.69) is 15.6 Å². The molecule has 8 nitrogen and oxygen atoms in total. The summed E-state index contributed by atoms with van der Waals surface area (Å²) in [4.78, 5) is 29.8. The van der Waals surface area contributed by atoms with Crippen molar-refractivity contribution < 1.29 is 32.2 Å². The first-order chi connectivity index (χ1) is 23.2. The lowest BCUT2D eigenvalue weighted by Gasteiger charge is -2.31. The molecule has 2 heterocycles. The van der Waals surface area contributed by atoms with Crippen molar-refractivity contribution in [1.29, 1.82) is 0 Å². The minimum Gasteiger partial charge on any atom is -0.447 e. The van der Waals surface area contributed by atoms with Gasteiger partial charge in [0.05, 0.1) is 18.3 Å². The second kappa shape index (κ2) is 16.7. The number of carbonyl (C=O) groups is 2. The van der Waals surface area contributed by atoms with Crippen LogP contribution in [0.15, 0.2) is 85.2 Å². The van der Waals surface area contributed by atoms with Crippen molar-refractivity contribution >= 4 is 23.5 Å². The maximum atomic E-state index is 15.1. The number of amides is 1. The van der Waals surface area contributed by atoms with Gasteiger partial charge in [-0.2, -0.15) is 0 Å². The van der Waals surface area contributed by atoms with Crippen LogP contribution in [0.5, 0.6) is 0 Å². The Kier molecular flexibility index (Phi) is 12.2. The van der Waals surface area contributed by atoms with Crippen LogP contribution >= 0.6 is 11.6 Å². The molecule has 3 aromatic carbocycles. The number of ether oxygens (including phenoxy) is 2. The molecular formula is C36H36ClF3N4O4. The summed E-state index contributed by atoms with van der Waals surface area (Å²) in [6, 6.07) is 17.3. The molecule has 0 radical (unpaired) electrons. The lowest BCUT2D eigenvalue weighted by molar-refractivity contribution is -0.119. The maximum Gasteiger partial charge on any atom is 0.407 e. The molecule has 0 bridgehead atoms. The van der Waals surface area contributed by atoms with Crippen LogP contribution in [0.1, 0.15) is 40.2 Å². The van der Waals surface area contributed by atoms with Gasteiger partial charge in [-0.05, 0) is 71.0 Å². The number of nitrogens with zero attached hydrogens (tertiary/aromatic N) is 1. The van der Waals surface area contributed by atoms with Crippen molar-refractivity contribution in [2.45, 2.75) is 50.0 Å². The second-order valence-corrected chi connectivity index (χ2v) is 12.0. The summed E-state index contributed by atoms with van der Waals surface area (Å²) < 4.78 is 54.0. The zero-order valence-electron chi connectivity index (χ0n) is 26.0. The van der Waals surface area contributed by atoms with E-state index < -0.39 is 41.6 Å². The quantitative estimate of drug-likeness (QED) is 0.168. The molecule has 1 unspecified atom stereocenters. The highest BCUT2D eigenvalue weighted by molar-refractivity contribution is 6.31. The Morgan fingerprint density at radius 3 is 2.25 bits per heavy atom. The van der Waals surface area contributed by atoms with Crippen LogP contribution in [0, 0.1) is 17.5 Å². The molecule has 48 heavy (non-hydrogen) atoms. The number of nitrogens with one attached hydrogen (secondary N) is 2. The summed E-state index contributed by atoms with van der Waals surface area (Å²) in [6.45, 7) is 1.22. The zero-order chi connectivity index (χ0) is 34.0. The Balaban J connectivity index is 1.18. The van der Waals surface area contributed by atoms with Crippen molar-refractivity contribution in [2.75, 3.05) is 19.7 Å². The van der Waals surface area contributed by atoms with Crippen LogP contribution in [-0.4, -0.2) is 54.8 Å². The van der Waals surface area contributed by atoms with E-state index in [1.807, 2.05) is 6.07 Å². The number of rotatable bonds is 13. The lowest BCUT2D eigenvalue weighted by atomic mass is 9.82. The fourth-order valence-corrected chi connectivity index (χ4v) is 5.95. The molecule has 12 heteroatoms. The summed E-state index contributed by atoms with van der Waals surface area (Å²) >= 11 is 6.13. The molecule has 4 aromatic rings. The molecule has 1 fully saturated rings. The van der Waals surface area contributed by atoms with Crippen LogP contribution in [-0.2, 0) is 33.7 Å². The number of aromatic nitrogens is 1.